The van der Waals surface area contributed by atoms with E-state index in [4.69, 9.17) is 9.47 Å². The number of fused-ring (bicyclic) bond motifs is 1. The van der Waals surface area contributed by atoms with Crippen molar-refractivity contribution < 1.29 is 22.7 Å². The Hall–Kier alpha value is -2.30. The first kappa shape index (κ1) is 21.0. The van der Waals surface area contributed by atoms with Gasteiger partial charge in [-0.25, -0.2) is 13.4 Å². The van der Waals surface area contributed by atoms with Gasteiger partial charge in [-0.3, -0.25) is 4.79 Å². The van der Waals surface area contributed by atoms with Crippen LogP contribution in [0.2, 0.25) is 0 Å². The SMILES string of the molecule is CC(NC(=O)CSc1ccc(S(=O)(=O)N2CCCC2)cn1)c1ccc2c(c1)OCO2. The topological polar surface area (TPSA) is 97.8 Å². The highest BCUT2D eigenvalue weighted by Crippen LogP contribution is 2.34. The maximum atomic E-state index is 12.5. The number of hydrogen-bond donors (Lipinski definition) is 1. The third kappa shape index (κ3) is 4.55. The molecular formula is C20H23N3O5S2. The lowest BCUT2D eigenvalue weighted by atomic mass is 10.1. The number of nitrogens with one attached hydrogen (secondary N) is 1. The number of thioether (sulfide) groups is 1. The van der Waals surface area contributed by atoms with Gasteiger partial charge in [-0.05, 0) is 49.6 Å². The van der Waals surface area contributed by atoms with Crippen LogP contribution in [0.3, 0.4) is 0 Å². The van der Waals surface area contributed by atoms with E-state index in [1.807, 2.05) is 25.1 Å². The summed E-state index contributed by atoms with van der Waals surface area (Å²) in [4.78, 5) is 16.7. The van der Waals surface area contributed by atoms with Gasteiger partial charge in [0.05, 0.1) is 16.8 Å². The van der Waals surface area contributed by atoms with Crippen molar-refractivity contribution in [2.45, 2.75) is 35.7 Å². The number of sulfonamides is 1. The lowest BCUT2D eigenvalue weighted by Gasteiger charge is -2.15. The zero-order valence-electron chi connectivity index (χ0n) is 16.5. The highest BCUT2D eigenvalue weighted by molar-refractivity contribution is 7.99. The summed E-state index contributed by atoms with van der Waals surface area (Å²) in [6.07, 6.45) is 3.14. The Morgan fingerprint density at radius 1 is 1.20 bits per heavy atom. The molecule has 3 heterocycles. The summed E-state index contributed by atoms with van der Waals surface area (Å²) >= 11 is 1.26. The minimum Gasteiger partial charge on any atom is -0.454 e. The fraction of sp³-hybridized carbons (Fsp3) is 0.400. The quantitative estimate of drug-likeness (QED) is 0.649. The third-order valence-corrected chi connectivity index (χ3v) is 7.86. The lowest BCUT2D eigenvalue weighted by molar-refractivity contribution is -0.119. The number of hydrogen-bond acceptors (Lipinski definition) is 7. The van der Waals surface area contributed by atoms with Crippen molar-refractivity contribution in [1.82, 2.24) is 14.6 Å². The minimum absolute atomic E-state index is 0.138. The van der Waals surface area contributed by atoms with Crippen LogP contribution in [0.5, 0.6) is 11.5 Å². The van der Waals surface area contributed by atoms with Gasteiger partial charge < -0.3 is 14.8 Å². The highest BCUT2D eigenvalue weighted by atomic mass is 32.2. The zero-order chi connectivity index (χ0) is 21.1. The molecule has 1 unspecified atom stereocenters. The number of benzene rings is 1. The zero-order valence-corrected chi connectivity index (χ0v) is 18.2. The fourth-order valence-corrected chi connectivity index (χ4v) is 5.49. The van der Waals surface area contributed by atoms with Crippen LogP contribution in [0, 0.1) is 0 Å². The van der Waals surface area contributed by atoms with E-state index >= 15 is 0 Å². The average molecular weight is 450 g/mol. The van der Waals surface area contributed by atoms with Gasteiger partial charge in [-0.1, -0.05) is 17.8 Å². The normalized spacial score (nSPS) is 17.1. The van der Waals surface area contributed by atoms with Crippen molar-refractivity contribution in [2.75, 3.05) is 25.6 Å². The standard InChI is InChI=1S/C20H23N3O5S2/c1-14(15-4-6-17-18(10-15)28-13-27-17)22-19(24)12-29-20-7-5-16(11-21-20)30(25,26)23-8-2-3-9-23/h4-7,10-11,14H,2-3,8-9,12-13H2,1H3,(H,22,24). The van der Waals surface area contributed by atoms with Gasteiger partial charge >= 0.3 is 0 Å². The number of carbonyl (C=O) groups excluding carboxylic acids is 1. The second-order valence-corrected chi connectivity index (χ2v) is 10.1. The van der Waals surface area contributed by atoms with Crippen molar-refractivity contribution in [1.29, 1.82) is 0 Å². The van der Waals surface area contributed by atoms with Crippen LogP contribution >= 0.6 is 11.8 Å². The van der Waals surface area contributed by atoms with Gasteiger partial charge in [0.1, 0.15) is 4.90 Å². The molecule has 1 fully saturated rings. The molecule has 1 aromatic carbocycles. The van der Waals surface area contributed by atoms with Crippen LogP contribution in [0.4, 0.5) is 0 Å². The van der Waals surface area contributed by atoms with Crippen LogP contribution in [0.15, 0.2) is 46.5 Å². The Balaban J connectivity index is 1.30. The van der Waals surface area contributed by atoms with E-state index in [0.717, 1.165) is 18.4 Å². The number of ether oxygens (including phenoxy) is 2. The predicted molar refractivity (Wildman–Crippen MR) is 112 cm³/mol. The summed E-state index contributed by atoms with van der Waals surface area (Å²) in [5, 5.41) is 3.54. The van der Waals surface area contributed by atoms with Crippen molar-refractivity contribution >= 4 is 27.7 Å². The molecule has 0 radical (unpaired) electrons. The van der Waals surface area contributed by atoms with Crippen LogP contribution in [0.1, 0.15) is 31.4 Å². The van der Waals surface area contributed by atoms with Gasteiger partial charge in [0, 0.05) is 19.3 Å². The second-order valence-electron chi connectivity index (χ2n) is 7.13. The second kappa shape index (κ2) is 8.83. The molecule has 1 aromatic heterocycles. The van der Waals surface area contributed by atoms with E-state index < -0.39 is 10.0 Å². The Bertz CT molecular complexity index is 1020. The Morgan fingerprint density at radius 3 is 2.70 bits per heavy atom. The molecule has 160 valence electrons. The number of nitrogens with zero attached hydrogens (tertiary/aromatic N) is 2. The van der Waals surface area contributed by atoms with Gasteiger partial charge in [0.25, 0.3) is 0 Å². The molecule has 0 saturated carbocycles. The first-order chi connectivity index (χ1) is 14.4. The van der Waals surface area contributed by atoms with Crippen molar-refractivity contribution in [2.24, 2.45) is 0 Å². The average Bonchev–Trinajstić information content (AvgIpc) is 3.44. The maximum Gasteiger partial charge on any atom is 0.244 e. The molecule has 1 amide bonds. The molecule has 0 spiro atoms. The van der Waals surface area contributed by atoms with Crippen LogP contribution in [-0.2, 0) is 14.8 Å². The number of carbonyl (C=O) groups is 1. The summed E-state index contributed by atoms with van der Waals surface area (Å²) in [7, 11) is -3.47. The van der Waals surface area contributed by atoms with E-state index in [-0.39, 0.29) is 29.4 Å². The van der Waals surface area contributed by atoms with E-state index in [1.54, 1.807) is 12.1 Å². The van der Waals surface area contributed by atoms with E-state index in [1.165, 1.54) is 22.3 Å². The fourth-order valence-electron chi connectivity index (χ4n) is 3.37. The maximum absolute atomic E-state index is 12.5. The van der Waals surface area contributed by atoms with E-state index in [2.05, 4.69) is 10.3 Å². The number of aromatic nitrogens is 1. The molecule has 10 heteroatoms. The van der Waals surface area contributed by atoms with Gasteiger partial charge in [-0.2, -0.15) is 4.31 Å². The molecule has 30 heavy (non-hydrogen) atoms. The van der Waals surface area contributed by atoms with E-state index in [0.29, 0.717) is 29.6 Å². The molecule has 2 aromatic rings. The first-order valence-electron chi connectivity index (χ1n) is 9.71. The summed E-state index contributed by atoms with van der Waals surface area (Å²) in [6, 6.07) is 8.59. The smallest absolute Gasteiger partial charge is 0.244 e. The van der Waals surface area contributed by atoms with Crippen molar-refractivity contribution in [3.63, 3.8) is 0 Å². The van der Waals surface area contributed by atoms with Crippen LogP contribution < -0.4 is 14.8 Å². The van der Waals surface area contributed by atoms with Crippen LogP contribution in [0.25, 0.3) is 0 Å². The third-order valence-electron chi connectivity index (χ3n) is 5.04. The molecule has 1 N–H and O–H groups in total. The summed E-state index contributed by atoms with van der Waals surface area (Å²) in [5.41, 5.74) is 0.923. The Morgan fingerprint density at radius 2 is 1.97 bits per heavy atom. The molecule has 1 atom stereocenters. The monoisotopic (exact) mass is 449 g/mol. The number of rotatable bonds is 7. The largest absolute Gasteiger partial charge is 0.454 e. The molecule has 1 saturated heterocycles. The molecule has 2 aliphatic rings. The highest BCUT2D eigenvalue weighted by Gasteiger charge is 2.27. The number of amides is 1. The van der Waals surface area contributed by atoms with Gasteiger partial charge in [0.15, 0.2) is 11.5 Å². The minimum atomic E-state index is -3.47. The molecular weight excluding hydrogens is 426 g/mol. The van der Waals surface area contributed by atoms with Gasteiger partial charge in [0.2, 0.25) is 22.7 Å². The molecule has 2 aliphatic heterocycles. The Labute approximate surface area is 180 Å². The summed E-state index contributed by atoms with van der Waals surface area (Å²) < 4.78 is 37.2. The predicted octanol–water partition coefficient (Wildman–Crippen LogP) is 2.56. The van der Waals surface area contributed by atoms with E-state index in [9.17, 15) is 13.2 Å². The Kier molecular flexibility index (Phi) is 6.16. The van der Waals surface area contributed by atoms with Crippen molar-refractivity contribution in [3.8, 4) is 11.5 Å². The lowest BCUT2D eigenvalue weighted by Crippen LogP contribution is -2.28. The molecule has 8 nitrogen and oxygen atoms in total. The first-order valence-corrected chi connectivity index (χ1v) is 12.1. The van der Waals surface area contributed by atoms with Crippen molar-refractivity contribution in [3.05, 3.63) is 42.1 Å². The summed E-state index contributed by atoms with van der Waals surface area (Å²) in [6.45, 7) is 3.22. The summed E-state index contributed by atoms with van der Waals surface area (Å²) in [5.74, 6) is 1.42. The number of pyridine rings is 1. The molecule has 0 bridgehead atoms. The van der Waals surface area contributed by atoms with Crippen LogP contribution in [-0.4, -0.2) is 49.2 Å². The molecule has 0 aliphatic carbocycles. The molecule has 4 rings (SSSR count). The van der Waals surface area contributed by atoms with Gasteiger partial charge in [-0.15, -0.1) is 0 Å².